The van der Waals surface area contributed by atoms with E-state index in [0.717, 1.165) is 32.0 Å². The molecule has 1 aromatic heterocycles. The Hall–Kier alpha value is -0.910. The second-order valence-corrected chi connectivity index (χ2v) is 4.54. The third kappa shape index (κ3) is 1.98. The van der Waals surface area contributed by atoms with Gasteiger partial charge in [-0.2, -0.15) is 0 Å². The summed E-state index contributed by atoms with van der Waals surface area (Å²) >= 11 is 5.72. The van der Waals surface area contributed by atoms with Crippen LogP contribution in [0.4, 0.5) is 5.82 Å². The first-order valence-electron chi connectivity index (χ1n) is 5.41. The molecular formula is C10H13ClN4O. The third-order valence-corrected chi connectivity index (χ3v) is 3.12. The van der Waals surface area contributed by atoms with Gasteiger partial charge in [-0.25, -0.2) is 0 Å². The van der Waals surface area contributed by atoms with Gasteiger partial charge >= 0.3 is 0 Å². The van der Waals surface area contributed by atoms with Gasteiger partial charge in [0.25, 0.3) is 0 Å². The van der Waals surface area contributed by atoms with Crippen LogP contribution in [0.5, 0.6) is 0 Å². The van der Waals surface area contributed by atoms with Crippen molar-refractivity contribution in [3.05, 3.63) is 17.3 Å². The monoisotopic (exact) mass is 240 g/mol. The van der Waals surface area contributed by atoms with Gasteiger partial charge in [0.15, 0.2) is 11.0 Å². The van der Waals surface area contributed by atoms with Crippen LogP contribution in [-0.2, 0) is 4.74 Å². The van der Waals surface area contributed by atoms with Crippen molar-refractivity contribution in [2.75, 3.05) is 31.1 Å². The van der Waals surface area contributed by atoms with Crippen molar-refractivity contribution in [3.63, 3.8) is 0 Å². The lowest BCUT2D eigenvalue weighted by atomic mass is 10.1. The van der Waals surface area contributed by atoms with Crippen LogP contribution >= 0.6 is 11.6 Å². The first kappa shape index (κ1) is 10.3. The summed E-state index contributed by atoms with van der Waals surface area (Å²) in [6.07, 6.45) is 0.509. The highest BCUT2D eigenvalue weighted by atomic mass is 35.5. The van der Waals surface area contributed by atoms with Gasteiger partial charge < -0.3 is 15.0 Å². The predicted octanol–water partition coefficient (Wildman–Crippen LogP) is 0.307. The lowest BCUT2D eigenvalue weighted by Gasteiger charge is -2.42. The molecule has 0 spiro atoms. The number of nitrogens with one attached hydrogen (secondary N) is 1. The van der Waals surface area contributed by atoms with Crippen LogP contribution in [-0.4, -0.2) is 48.6 Å². The SMILES string of the molecule is Clc1ccc(N2CC3CNCC(C2)O3)nn1. The van der Waals surface area contributed by atoms with Gasteiger partial charge in [0.1, 0.15) is 0 Å². The van der Waals surface area contributed by atoms with Gasteiger partial charge in [-0.1, -0.05) is 11.6 Å². The largest absolute Gasteiger partial charge is 0.369 e. The second kappa shape index (κ2) is 4.16. The molecule has 0 saturated carbocycles. The molecule has 86 valence electrons. The summed E-state index contributed by atoms with van der Waals surface area (Å²) < 4.78 is 5.82. The minimum Gasteiger partial charge on any atom is -0.369 e. The average Bonchev–Trinajstić information content (AvgIpc) is 2.29. The molecule has 2 saturated heterocycles. The maximum Gasteiger partial charge on any atom is 0.151 e. The van der Waals surface area contributed by atoms with Gasteiger partial charge in [0.05, 0.1) is 12.2 Å². The molecule has 6 heteroatoms. The highest BCUT2D eigenvalue weighted by Gasteiger charge is 2.31. The van der Waals surface area contributed by atoms with Crippen LogP contribution in [0.25, 0.3) is 0 Å². The summed E-state index contributed by atoms with van der Waals surface area (Å²) in [5, 5.41) is 11.8. The molecule has 0 amide bonds. The highest BCUT2D eigenvalue weighted by Crippen LogP contribution is 2.20. The maximum atomic E-state index is 5.82. The van der Waals surface area contributed by atoms with Crippen LogP contribution in [0.15, 0.2) is 12.1 Å². The quantitative estimate of drug-likeness (QED) is 0.766. The van der Waals surface area contributed by atoms with Gasteiger partial charge in [0.2, 0.25) is 0 Å². The first-order chi connectivity index (χ1) is 7.81. The van der Waals surface area contributed by atoms with Crippen molar-refractivity contribution in [1.29, 1.82) is 0 Å². The molecule has 2 atom stereocenters. The number of fused-ring (bicyclic) bond motifs is 2. The Balaban J connectivity index is 1.77. The number of anilines is 1. The molecule has 0 aromatic carbocycles. The number of halogens is 1. The van der Waals surface area contributed by atoms with E-state index in [1.165, 1.54) is 0 Å². The van der Waals surface area contributed by atoms with E-state index in [1.54, 1.807) is 6.07 Å². The highest BCUT2D eigenvalue weighted by molar-refractivity contribution is 6.29. The fourth-order valence-electron chi connectivity index (χ4n) is 2.22. The number of rotatable bonds is 1. The minimum absolute atomic E-state index is 0.255. The number of ether oxygens (including phenoxy) is 1. The Morgan fingerprint density at radius 1 is 1.25 bits per heavy atom. The summed E-state index contributed by atoms with van der Waals surface area (Å²) in [5.74, 6) is 0.879. The molecule has 0 radical (unpaired) electrons. The Kier molecular flexibility index (Phi) is 2.67. The Labute approximate surface area is 98.7 Å². The summed E-state index contributed by atoms with van der Waals surface area (Å²) in [7, 11) is 0. The lowest BCUT2D eigenvalue weighted by molar-refractivity contribution is -0.0486. The molecule has 2 fully saturated rings. The summed E-state index contributed by atoms with van der Waals surface area (Å²) in [4.78, 5) is 2.21. The van der Waals surface area contributed by atoms with E-state index in [-0.39, 0.29) is 12.2 Å². The van der Waals surface area contributed by atoms with Crippen molar-refractivity contribution in [1.82, 2.24) is 15.5 Å². The molecule has 0 aliphatic carbocycles. The van der Waals surface area contributed by atoms with E-state index in [4.69, 9.17) is 16.3 Å². The molecule has 3 rings (SSSR count). The minimum atomic E-state index is 0.255. The van der Waals surface area contributed by atoms with Crippen LogP contribution in [0.2, 0.25) is 5.15 Å². The molecule has 3 heterocycles. The van der Waals surface area contributed by atoms with Crippen molar-refractivity contribution < 1.29 is 4.74 Å². The molecule has 5 nitrogen and oxygen atoms in total. The number of hydrogen-bond donors (Lipinski definition) is 1. The summed E-state index contributed by atoms with van der Waals surface area (Å²) in [5.41, 5.74) is 0. The van der Waals surface area contributed by atoms with Gasteiger partial charge in [-0.3, -0.25) is 0 Å². The van der Waals surface area contributed by atoms with Crippen molar-refractivity contribution in [2.24, 2.45) is 0 Å². The molecular weight excluding hydrogens is 228 g/mol. The zero-order valence-corrected chi connectivity index (χ0v) is 9.52. The van der Waals surface area contributed by atoms with Crippen LogP contribution in [0.1, 0.15) is 0 Å². The lowest BCUT2D eigenvalue weighted by Crippen LogP contribution is -2.58. The Morgan fingerprint density at radius 3 is 2.62 bits per heavy atom. The Bertz CT molecular complexity index is 360. The molecule has 2 aliphatic heterocycles. The van der Waals surface area contributed by atoms with E-state index < -0.39 is 0 Å². The fraction of sp³-hybridized carbons (Fsp3) is 0.600. The topological polar surface area (TPSA) is 50.3 Å². The smallest absolute Gasteiger partial charge is 0.151 e. The second-order valence-electron chi connectivity index (χ2n) is 4.16. The van der Waals surface area contributed by atoms with Crippen molar-refractivity contribution in [2.45, 2.75) is 12.2 Å². The van der Waals surface area contributed by atoms with Gasteiger partial charge in [0, 0.05) is 26.2 Å². The summed E-state index contributed by atoms with van der Waals surface area (Å²) in [6.45, 7) is 3.54. The average molecular weight is 241 g/mol. The molecule has 2 aliphatic rings. The standard InChI is InChI=1S/C10H13ClN4O/c11-9-1-2-10(14-13-9)15-5-7-3-12-4-8(6-15)16-7/h1-2,7-8,12H,3-6H2. The maximum absolute atomic E-state index is 5.82. The number of hydrogen-bond acceptors (Lipinski definition) is 5. The van der Waals surface area contributed by atoms with E-state index in [9.17, 15) is 0 Å². The Morgan fingerprint density at radius 2 is 2.00 bits per heavy atom. The number of morpholine rings is 2. The molecule has 1 N–H and O–H groups in total. The molecule has 2 bridgehead atoms. The van der Waals surface area contributed by atoms with E-state index in [1.807, 2.05) is 6.07 Å². The molecule has 1 aromatic rings. The van der Waals surface area contributed by atoms with E-state index in [0.29, 0.717) is 5.15 Å². The molecule has 2 unspecified atom stereocenters. The predicted molar refractivity (Wildman–Crippen MR) is 60.8 cm³/mol. The normalized spacial score (nSPS) is 29.2. The van der Waals surface area contributed by atoms with Crippen LogP contribution in [0, 0.1) is 0 Å². The molecule has 16 heavy (non-hydrogen) atoms. The number of nitrogens with zero attached hydrogens (tertiary/aromatic N) is 3. The van der Waals surface area contributed by atoms with Gasteiger partial charge in [-0.15, -0.1) is 10.2 Å². The van der Waals surface area contributed by atoms with Crippen LogP contribution in [0.3, 0.4) is 0 Å². The third-order valence-electron chi connectivity index (χ3n) is 2.92. The van der Waals surface area contributed by atoms with Crippen LogP contribution < -0.4 is 10.2 Å². The van der Waals surface area contributed by atoms with E-state index in [2.05, 4.69) is 20.4 Å². The zero-order chi connectivity index (χ0) is 11.0. The summed E-state index contributed by atoms with van der Waals surface area (Å²) in [6, 6.07) is 3.68. The zero-order valence-electron chi connectivity index (χ0n) is 8.77. The fourth-order valence-corrected chi connectivity index (χ4v) is 2.32. The number of aromatic nitrogens is 2. The first-order valence-corrected chi connectivity index (χ1v) is 5.79. The van der Waals surface area contributed by atoms with E-state index >= 15 is 0 Å². The van der Waals surface area contributed by atoms with Crippen molar-refractivity contribution in [3.8, 4) is 0 Å². The van der Waals surface area contributed by atoms with Gasteiger partial charge in [-0.05, 0) is 12.1 Å². The van der Waals surface area contributed by atoms with Crippen molar-refractivity contribution >= 4 is 17.4 Å².